The lowest BCUT2D eigenvalue weighted by Crippen LogP contribution is -2.46. The Hall–Kier alpha value is -1.79. The second-order valence-electron chi connectivity index (χ2n) is 3.93. The van der Waals surface area contributed by atoms with Crippen LogP contribution in [0.2, 0.25) is 0 Å². The molecule has 0 radical (unpaired) electrons. The molecule has 0 aromatic heterocycles. The zero-order valence-electron chi connectivity index (χ0n) is 10.4. The van der Waals surface area contributed by atoms with E-state index in [1.807, 2.05) is 6.92 Å². The Morgan fingerprint density at radius 2 is 1.83 bits per heavy atom. The lowest BCUT2D eigenvalue weighted by atomic mass is 10.1. The van der Waals surface area contributed by atoms with E-state index in [9.17, 15) is 14.4 Å². The maximum absolute atomic E-state index is 11.3. The maximum atomic E-state index is 11.3. The quantitative estimate of drug-likeness (QED) is 0.457. The third kappa shape index (κ3) is 8.37. The van der Waals surface area contributed by atoms with Gasteiger partial charge in [0.25, 0.3) is 0 Å². The Balaban J connectivity index is 3.96. The van der Waals surface area contributed by atoms with Gasteiger partial charge in [0, 0.05) is 13.0 Å². The van der Waals surface area contributed by atoms with E-state index in [0.717, 1.165) is 19.3 Å². The van der Waals surface area contributed by atoms with Crippen LogP contribution < -0.4 is 10.6 Å². The van der Waals surface area contributed by atoms with Crippen LogP contribution in [0, 0.1) is 0 Å². The van der Waals surface area contributed by atoms with Gasteiger partial charge >= 0.3 is 18.0 Å². The lowest BCUT2D eigenvalue weighted by Gasteiger charge is -2.14. The van der Waals surface area contributed by atoms with Crippen molar-refractivity contribution in [1.82, 2.24) is 10.6 Å². The number of unbranched alkanes of at least 4 members (excludes halogenated alkanes) is 2. The van der Waals surface area contributed by atoms with Crippen molar-refractivity contribution in [3.63, 3.8) is 0 Å². The van der Waals surface area contributed by atoms with Gasteiger partial charge in [0.15, 0.2) is 0 Å². The Morgan fingerprint density at radius 1 is 1.17 bits per heavy atom. The minimum Gasteiger partial charge on any atom is -0.481 e. The minimum atomic E-state index is -1.24. The predicted octanol–water partition coefficient (Wildman–Crippen LogP) is 0.794. The number of carbonyl (C=O) groups is 3. The van der Waals surface area contributed by atoms with E-state index in [-0.39, 0.29) is 12.8 Å². The van der Waals surface area contributed by atoms with Gasteiger partial charge in [0.2, 0.25) is 0 Å². The van der Waals surface area contributed by atoms with Gasteiger partial charge in [-0.2, -0.15) is 0 Å². The molecule has 0 saturated carbocycles. The van der Waals surface area contributed by atoms with Gasteiger partial charge in [-0.1, -0.05) is 19.8 Å². The highest BCUT2D eigenvalue weighted by molar-refractivity contribution is 5.82. The van der Waals surface area contributed by atoms with Crippen molar-refractivity contribution in [2.24, 2.45) is 0 Å². The number of carbonyl (C=O) groups excluding carboxylic acids is 1. The molecule has 0 aliphatic rings. The molecule has 7 heteroatoms. The summed E-state index contributed by atoms with van der Waals surface area (Å²) in [5.41, 5.74) is 0. The molecule has 4 N–H and O–H groups in total. The van der Waals surface area contributed by atoms with Gasteiger partial charge < -0.3 is 20.8 Å². The third-order valence-electron chi connectivity index (χ3n) is 2.32. The number of hydrogen-bond donors (Lipinski definition) is 4. The Bertz CT molecular complexity index is 293. The van der Waals surface area contributed by atoms with Gasteiger partial charge in [-0.15, -0.1) is 0 Å². The summed E-state index contributed by atoms with van der Waals surface area (Å²) in [5, 5.41) is 22.0. The maximum Gasteiger partial charge on any atom is 0.326 e. The van der Waals surface area contributed by atoms with E-state index in [4.69, 9.17) is 10.2 Å². The number of amides is 2. The smallest absolute Gasteiger partial charge is 0.326 e. The third-order valence-corrected chi connectivity index (χ3v) is 2.32. The van der Waals surface area contributed by atoms with Crippen LogP contribution in [0.15, 0.2) is 0 Å². The van der Waals surface area contributed by atoms with Crippen molar-refractivity contribution in [3.05, 3.63) is 0 Å². The molecule has 0 fully saturated rings. The van der Waals surface area contributed by atoms with Crippen LogP contribution >= 0.6 is 0 Å². The van der Waals surface area contributed by atoms with E-state index in [1.54, 1.807) is 0 Å². The molecule has 7 nitrogen and oxygen atoms in total. The minimum absolute atomic E-state index is 0.132. The highest BCUT2D eigenvalue weighted by Gasteiger charge is 2.20. The number of rotatable bonds is 9. The molecule has 0 aromatic carbocycles. The summed E-state index contributed by atoms with van der Waals surface area (Å²) in [4.78, 5) is 32.5. The van der Waals surface area contributed by atoms with E-state index in [0.29, 0.717) is 6.54 Å². The summed E-state index contributed by atoms with van der Waals surface area (Å²) in [6.07, 6.45) is 2.41. The first-order valence-electron chi connectivity index (χ1n) is 5.96. The monoisotopic (exact) mass is 260 g/mol. The average molecular weight is 260 g/mol. The Kier molecular flexibility index (Phi) is 8.34. The summed E-state index contributed by atoms with van der Waals surface area (Å²) in [6, 6.07) is -1.75. The van der Waals surface area contributed by atoms with Gasteiger partial charge in [-0.25, -0.2) is 9.59 Å². The number of hydrogen-bond acceptors (Lipinski definition) is 3. The standard InChI is InChI=1S/C11H20N2O5/c1-2-3-4-7-12-11(18)13-8(10(16)17)5-6-9(14)15/h8H,2-7H2,1H3,(H,14,15)(H,16,17)(H2,12,13,18)/t8-/m0/s1. The van der Waals surface area contributed by atoms with Crippen LogP contribution in [0.4, 0.5) is 4.79 Å². The van der Waals surface area contributed by atoms with Crippen LogP contribution in [0.25, 0.3) is 0 Å². The molecule has 0 bridgehead atoms. The summed E-state index contributed by atoms with van der Waals surface area (Å²) in [7, 11) is 0. The highest BCUT2D eigenvalue weighted by atomic mass is 16.4. The highest BCUT2D eigenvalue weighted by Crippen LogP contribution is 1.98. The van der Waals surface area contributed by atoms with Gasteiger partial charge in [-0.05, 0) is 12.8 Å². The van der Waals surface area contributed by atoms with E-state index >= 15 is 0 Å². The predicted molar refractivity (Wildman–Crippen MR) is 64.4 cm³/mol. The molecule has 0 rings (SSSR count). The molecule has 1 atom stereocenters. The topological polar surface area (TPSA) is 116 Å². The van der Waals surface area contributed by atoms with Crippen molar-refractivity contribution in [3.8, 4) is 0 Å². The zero-order chi connectivity index (χ0) is 14.0. The molecule has 0 saturated heterocycles. The largest absolute Gasteiger partial charge is 0.481 e. The molecule has 0 unspecified atom stereocenters. The van der Waals surface area contributed by atoms with Crippen molar-refractivity contribution >= 4 is 18.0 Å². The van der Waals surface area contributed by atoms with Gasteiger partial charge in [-0.3, -0.25) is 4.79 Å². The van der Waals surface area contributed by atoms with Crippen LogP contribution in [-0.2, 0) is 9.59 Å². The molecule has 2 amide bonds. The normalized spacial score (nSPS) is 11.6. The van der Waals surface area contributed by atoms with Gasteiger partial charge in [0.05, 0.1) is 0 Å². The zero-order valence-corrected chi connectivity index (χ0v) is 10.4. The number of carboxylic acid groups (broad SMARTS) is 2. The van der Waals surface area contributed by atoms with E-state index in [2.05, 4.69) is 10.6 Å². The summed E-state index contributed by atoms with van der Waals surface area (Å²) in [5.74, 6) is -2.33. The fraction of sp³-hybridized carbons (Fsp3) is 0.727. The van der Waals surface area contributed by atoms with E-state index in [1.165, 1.54) is 0 Å². The second kappa shape index (κ2) is 9.26. The first-order chi connectivity index (χ1) is 8.47. The SMILES string of the molecule is CCCCCNC(=O)N[C@@H](CCC(=O)O)C(=O)O. The second-order valence-corrected chi connectivity index (χ2v) is 3.93. The van der Waals surface area contributed by atoms with Crippen molar-refractivity contribution in [2.45, 2.75) is 45.1 Å². The summed E-state index contributed by atoms with van der Waals surface area (Å²) < 4.78 is 0. The van der Waals surface area contributed by atoms with Crippen LogP contribution in [0.5, 0.6) is 0 Å². The molecule has 104 valence electrons. The van der Waals surface area contributed by atoms with Crippen LogP contribution in [-0.4, -0.2) is 40.8 Å². The molecule has 0 aliphatic heterocycles. The Labute approximate surface area is 106 Å². The van der Waals surface area contributed by atoms with Crippen LogP contribution in [0.3, 0.4) is 0 Å². The number of urea groups is 1. The number of carboxylic acids is 2. The molecular formula is C11H20N2O5. The fourth-order valence-corrected chi connectivity index (χ4v) is 1.31. The molecule has 0 heterocycles. The fourth-order valence-electron chi connectivity index (χ4n) is 1.31. The lowest BCUT2D eigenvalue weighted by molar-refractivity contribution is -0.140. The summed E-state index contributed by atoms with van der Waals surface area (Å²) >= 11 is 0. The summed E-state index contributed by atoms with van der Waals surface area (Å²) in [6.45, 7) is 2.51. The van der Waals surface area contributed by atoms with Gasteiger partial charge in [0.1, 0.15) is 6.04 Å². The van der Waals surface area contributed by atoms with Crippen LogP contribution in [0.1, 0.15) is 39.0 Å². The average Bonchev–Trinajstić information content (AvgIpc) is 2.29. The van der Waals surface area contributed by atoms with Crippen molar-refractivity contribution in [2.75, 3.05) is 6.54 Å². The van der Waals surface area contributed by atoms with Crippen molar-refractivity contribution in [1.29, 1.82) is 0 Å². The van der Waals surface area contributed by atoms with E-state index < -0.39 is 24.0 Å². The Morgan fingerprint density at radius 3 is 2.33 bits per heavy atom. The first kappa shape index (κ1) is 16.2. The number of nitrogens with one attached hydrogen (secondary N) is 2. The number of aliphatic carboxylic acids is 2. The van der Waals surface area contributed by atoms with Crippen molar-refractivity contribution < 1.29 is 24.6 Å². The molecule has 0 aromatic rings. The molecule has 0 aliphatic carbocycles. The molecule has 0 spiro atoms. The molecule has 18 heavy (non-hydrogen) atoms. The first-order valence-corrected chi connectivity index (χ1v) is 5.96. The molecular weight excluding hydrogens is 240 g/mol.